The summed E-state index contributed by atoms with van der Waals surface area (Å²) >= 11 is 7.39. The second-order valence-electron chi connectivity index (χ2n) is 6.53. The van der Waals surface area contributed by atoms with E-state index in [2.05, 4.69) is 63.9 Å². The zero-order valence-corrected chi connectivity index (χ0v) is 15.8. The van der Waals surface area contributed by atoms with Gasteiger partial charge in [-0.25, -0.2) is 4.68 Å². The molecular weight excluding hydrogens is 360 g/mol. The summed E-state index contributed by atoms with van der Waals surface area (Å²) in [5.74, 6) is 0. The van der Waals surface area contributed by atoms with Gasteiger partial charge in [0, 0.05) is 13.1 Å². The Kier molecular flexibility index (Phi) is 3.96. The number of fused-ring (bicyclic) bond motifs is 3. The summed E-state index contributed by atoms with van der Waals surface area (Å²) < 4.78 is 6.04. The van der Waals surface area contributed by atoms with E-state index in [1.807, 2.05) is 10.7 Å². The predicted octanol–water partition coefficient (Wildman–Crippen LogP) is 4.83. The Hall–Kier alpha value is -2.28. The normalized spacial score (nSPS) is 15.6. The molecule has 130 valence electrons. The van der Waals surface area contributed by atoms with Gasteiger partial charge in [-0.3, -0.25) is 9.30 Å². The molecule has 0 amide bonds. The topological polar surface area (TPSA) is 25.5 Å². The minimum atomic E-state index is 0.736. The van der Waals surface area contributed by atoms with E-state index in [1.54, 1.807) is 11.3 Å². The number of aromatic nitrogens is 3. The van der Waals surface area contributed by atoms with Crippen molar-refractivity contribution in [2.24, 2.45) is 0 Å². The maximum atomic E-state index is 5.70. The third-order valence-electron chi connectivity index (χ3n) is 4.89. The smallest absolute Gasteiger partial charge is 0.216 e. The lowest BCUT2D eigenvalue weighted by Gasteiger charge is -2.26. The molecule has 6 heteroatoms. The van der Waals surface area contributed by atoms with Crippen LogP contribution in [0.1, 0.15) is 12.0 Å². The Morgan fingerprint density at radius 2 is 1.85 bits per heavy atom. The third kappa shape index (κ3) is 2.70. The molecule has 4 aromatic rings. The quantitative estimate of drug-likeness (QED) is 0.478. The lowest BCUT2D eigenvalue weighted by molar-refractivity contribution is 0.227. The van der Waals surface area contributed by atoms with Gasteiger partial charge in [-0.15, -0.1) is 5.10 Å². The standard InChI is InChI=1S/C20H18N4S2/c25-20-23(21-19-24(20)17-8-4-5-9-18(17)26-19)14-22-12-10-16(11-13-22)15-6-2-1-3-7-15/h1-10H,11-14H2. The van der Waals surface area contributed by atoms with Crippen molar-refractivity contribution in [3.8, 4) is 0 Å². The van der Waals surface area contributed by atoms with Crippen LogP contribution in [0.5, 0.6) is 0 Å². The van der Waals surface area contributed by atoms with Gasteiger partial charge in [0.2, 0.25) is 9.73 Å². The lowest BCUT2D eigenvalue weighted by Crippen LogP contribution is -2.31. The highest BCUT2D eigenvalue weighted by atomic mass is 32.1. The summed E-state index contributed by atoms with van der Waals surface area (Å²) in [6, 6.07) is 19.0. The van der Waals surface area contributed by atoms with Gasteiger partial charge in [-0.1, -0.05) is 59.9 Å². The number of benzene rings is 2. The summed E-state index contributed by atoms with van der Waals surface area (Å²) in [6.45, 7) is 2.69. The fourth-order valence-electron chi connectivity index (χ4n) is 3.52. The highest BCUT2D eigenvalue weighted by Crippen LogP contribution is 2.26. The Bertz CT molecular complexity index is 1170. The van der Waals surface area contributed by atoms with E-state index >= 15 is 0 Å². The fourth-order valence-corrected chi connectivity index (χ4v) is 4.89. The van der Waals surface area contributed by atoms with Crippen LogP contribution in [-0.2, 0) is 6.67 Å². The molecule has 0 bridgehead atoms. The lowest BCUT2D eigenvalue weighted by atomic mass is 10.00. The predicted molar refractivity (Wildman–Crippen MR) is 110 cm³/mol. The molecule has 0 saturated carbocycles. The van der Waals surface area contributed by atoms with Gasteiger partial charge in [-0.2, -0.15) is 0 Å². The van der Waals surface area contributed by atoms with E-state index < -0.39 is 0 Å². The largest absolute Gasteiger partial charge is 0.280 e. The number of hydrogen-bond donors (Lipinski definition) is 0. The van der Waals surface area contributed by atoms with Gasteiger partial charge >= 0.3 is 0 Å². The Balaban J connectivity index is 1.40. The van der Waals surface area contributed by atoms with Crippen LogP contribution in [0.3, 0.4) is 0 Å². The second kappa shape index (κ2) is 6.46. The molecule has 1 aliphatic rings. The second-order valence-corrected chi connectivity index (χ2v) is 7.91. The SMILES string of the molecule is S=c1n(CN2CC=C(c3ccccc3)CC2)nc2sc3ccccc3n12. The first kappa shape index (κ1) is 15.9. The zero-order chi connectivity index (χ0) is 17.5. The number of hydrogen-bond acceptors (Lipinski definition) is 4. The van der Waals surface area contributed by atoms with E-state index in [9.17, 15) is 0 Å². The van der Waals surface area contributed by atoms with E-state index in [0.717, 1.165) is 41.4 Å². The van der Waals surface area contributed by atoms with Gasteiger partial charge in [0.25, 0.3) is 0 Å². The Labute approximate surface area is 160 Å². The molecule has 0 unspecified atom stereocenters. The van der Waals surface area contributed by atoms with Crippen LogP contribution in [0.15, 0.2) is 60.7 Å². The minimum absolute atomic E-state index is 0.736. The van der Waals surface area contributed by atoms with Crippen molar-refractivity contribution in [2.45, 2.75) is 13.1 Å². The molecule has 0 N–H and O–H groups in total. The molecule has 1 aliphatic heterocycles. The van der Waals surface area contributed by atoms with Gasteiger partial charge in [0.05, 0.1) is 16.9 Å². The zero-order valence-electron chi connectivity index (χ0n) is 14.2. The Morgan fingerprint density at radius 3 is 2.65 bits per heavy atom. The van der Waals surface area contributed by atoms with Crippen LogP contribution < -0.4 is 0 Å². The minimum Gasteiger partial charge on any atom is -0.280 e. The number of thiazole rings is 1. The van der Waals surface area contributed by atoms with Crippen LogP contribution >= 0.6 is 23.6 Å². The first-order valence-electron chi connectivity index (χ1n) is 8.73. The summed E-state index contributed by atoms with van der Waals surface area (Å²) in [5.41, 5.74) is 3.91. The van der Waals surface area contributed by atoms with Crippen molar-refractivity contribution in [3.05, 3.63) is 71.0 Å². The molecule has 2 aromatic heterocycles. The molecule has 2 aromatic carbocycles. The molecular formula is C20H18N4S2. The number of rotatable bonds is 3. The van der Waals surface area contributed by atoms with Gasteiger partial charge in [0.15, 0.2) is 0 Å². The van der Waals surface area contributed by atoms with Crippen LogP contribution in [0.25, 0.3) is 20.8 Å². The number of nitrogens with zero attached hydrogens (tertiary/aromatic N) is 4. The summed E-state index contributed by atoms with van der Waals surface area (Å²) in [4.78, 5) is 3.36. The van der Waals surface area contributed by atoms with Gasteiger partial charge in [0.1, 0.15) is 0 Å². The molecule has 0 spiro atoms. The van der Waals surface area contributed by atoms with Crippen molar-refractivity contribution in [1.82, 2.24) is 19.1 Å². The number of para-hydroxylation sites is 1. The highest BCUT2D eigenvalue weighted by molar-refractivity contribution is 7.71. The van der Waals surface area contributed by atoms with Gasteiger partial charge < -0.3 is 0 Å². The van der Waals surface area contributed by atoms with E-state index in [4.69, 9.17) is 17.3 Å². The average molecular weight is 379 g/mol. The molecule has 0 saturated heterocycles. The fraction of sp³-hybridized carbons (Fsp3) is 0.200. The Morgan fingerprint density at radius 1 is 1.04 bits per heavy atom. The van der Waals surface area contributed by atoms with Crippen LogP contribution in [-0.4, -0.2) is 32.2 Å². The maximum Gasteiger partial charge on any atom is 0.216 e. The van der Waals surface area contributed by atoms with Crippen LogP contribution in [0.2, 0.25) is 0 Å². The van der Waals surface area contributed by atoms with Crippen molar-refractivity contribution in [2.75, 3.05) is 13.1 Å². The van der Waals surface area contributed by atoms with Crippen molar-refractivity contribution < 1.29 is 0 Å². The molecule has 0 fully saturated rings. The van der Waals surface area contributed by atoms with Crippen molar-refractivity contribution in [3.63, 3.8) is 0 Å². The molecule has 4 nitrogen and oxygen atoms in total. The van der Waals surface area contributed by atoms with Crippen molar-refractivity contribution in [1.29, 1.82) is 0 Å². The molecule has 0 atom stereocenters. The maximum absolute atomic E-state index is 5.70. The first-order valence-corrected chi connectivity index (χ1v) is 9.96. The van der Waals surface area contributed by atoms with E-state index in [-0.39, 0.29) is 0 Å². The first-order chi connectivity index (χ1) is 12.8. The molecule has 5 rings (SSSR count). The third-order valence-corrected chi connectivity index (χ3v) is 6.29. The average Bonchev–Trinajstić information content (AvgIpc) is 3.20. The molecule has 3 heterocycles. The van der Waals surface area contributed by atoms with E-state index in [1.165, 1.54) is 15.8 Å². The monoisotopic (exact) mass is 378 g/mol. The van der Waals surface area contributed by atoms with Crippen LogP contribution in [0.4, 0.5) is 0 Å². The molecule has 0 radical (unpaired) electrons. The molecule has 0 aliphatic carbocycles. The summed E-state index contributed by atoms with van der Waals surface area (Å²) in [5, 5.41) is 4.75. The summed E-state index contributed by atoms with van der Waals surface area (Å²) in [6.07, 6.45) is 3.39. The van der Waals surface area contributed by atoms with Crippen LogP contribution in [0, 0.1) is 4.77 Å². The van der Waals surface area contributed by atoms with E-state index in [0.29, 0.717) is 0 Å². The van der Waals surface area contributed by atoms with Gasteiger partial charge in [-0.05, 0) is 41.9 Å². The summed E-state index contributed by atoms with van der Waals surface area (Å²) in [7, 11) is 0. The highest BCUT2D eigenvalue weighted by Gasteiger charge is 2.16. The van der Waals surface area contributed by atoms with Crippen molar-refractivity contribution >= 4 is 44.3 Å². The molecule has 26 heavy (non-hydrogen) atoms.